The van der Waals surface area contributed by atoms with E-state index in [0.29, 0.717) is 22.6 Å². The molecule has 0 aromatic heterocycles. The molecular weight excluding hydrogens is 292 g/mol. The van der Waals surface area contributed by atoms with Crippen LogP contribution in [0.5, 0.6) is 11.5 Å². The largest absolute Gasteiger partial charge is 0.493 e. The second kappa shape index (κ2) is 6.56. The number of hydrogen-bond acceptors (Lipinski definition) is 3. The number of hydrogen-bond donors (Lipinski definition) is 1. The molecule has 5 heteroatoms. The number of carboxylic acids is 1. The zero-order valence-electron chi connectivity index (χ0n) is 12.6. The van der Waals surface area contributed by atoms with Gasteiger partial charge >= 0.3 is 5.97 Å². The van der Waals surface area contributed by atoms with Crippen molar-refractivity contribution >= 4 is 17.6 Å². The Morgan fingerprint density at radius 1 is 1.29 bits per heavy atom. The molecule has 1 saturated carbocycles. The molecule has 1 aliphatic rings. The van der Waals surface area contributed by atoms with Crippen LogP contribution in [0.25, 0.3) is 0 Å². The lowest BCUT2D eigenvalue weighted by Crippen LogP contribution is -2.29. The molecular formula is C16H21ClO4. The molecule has 21 heavy (non-hydrogen) atoms. The van der Waals surface area contributed by atoms with Crippen molar-refractivity contribution in [1.29, 1.82) is 0 Å². The maximum Gasteiger partial charge on any atom is 0.339 e. The van der Waals surface area contributed by atoms with Gasteiger partial charge in [-0.15, -0.1) is 0 Å². The fourth-order valence-electron chi connectivity index (χ4n) is 2.77. The summed E-state index contributed by atoms with van der Waals surface area (Å²) in [6.07, 6.45) is 2.95. The minimum Gasteiger partial charge on any atom is -0.493 e. The summed E-state index contributed by atoms with van der Waals surface area (Å²) in [5, 5.41) is 9.66. The number of carboxylic acid groups (broad SMARTS) is 1. The highest BCUT2D eigenvalue weighted by molar-refractivity contribution is 6.31. The molecule has 0 heterocycles. The standard InChI is InChI=1S/C16H21ClO4/c1-9-4-5-12(6-10(9)2)21-15-13(16(18)19)7-11(17)8-14(15)20-3/h7-10,12H,4-6H2,1-3H3,(H,18,19). The third-order valence-electron chi connectivity index (χ3n) is 4.30. The van der Waals surface area contributed by atoms with Gasteiger partial charge in [-0.2, -0.15) is 0 Å². The van der Waals surface area contributed by atoms with Crippen molar-refractivity contribution in [1.82, 2.24) is 0 Å². The summed E-state index contributed by atoms with van der Waals surface area (Å²) in [4.78, 5) is 11.4. The Morgan fingerprint density at radius 2 is 2.00 bits per heavy atom. The van der Waals surface area contributed by atoms with Crippen LogP contribution in [-0.4, -0.2) is 24.3 Å². The first kappa shape index (κ1) is 16.0. The van der Waals surface area contributed by atoms with E-state index in [1.54, 1.807) is 6.07 Å². The van der Waals surface area contributed by atoms with Crippen molar-refractivity contribution in [3.05, 3.63) is 22.7 Å². The second-order valence-corrected chi connectivity index (χ2v) is 6.23. The van der Waals surface area contributed by atoms with Crippen molar-refractivity contribution in [2.45, 2.75) is 39.2 Å². The van der Waals surface area contributed by atoms with E-state index in [2.05, 4.69) is 13.8 Å². The van der Waals surface area contributed by atoms with Gasteiger partial charge in [-0.05, 0) is 37.2 Å². The molecule has 0 bridgehead atoms. The highest BCUT2D eigenvalue weighted by atomic mass is 35.5. The molecule has 0 spiro atoms. The summed E-state index contributed by atoms with van der Waals surface area (Å²) in [6, 6.07) is 2.98. The first-order chi connectivity index (χ1) is 9.92. The van der Waals surface area contributed by atoms with Crippen molar-refractivity contribution in [3.63, 3.8) is 0 Å². The van der Waals surface area contributed by atoms with Gasteiger partial charge in [0.05, 0.1) is 13.2 Å². The predicted molar refractivity (Wildman–Crippen MR) is 81.6 cm³/mol. The van der Waals surface area contributed by atoms with Crippen molar-refractivity contribution in [3.8, 4) is 11.5 Å². The number of rotatable bonds is 4. The summed E-state index contributed by atoms with van der Waals surface area (Å²) < 4.78 is 11.2. The molecule has 3 unspecified atom stereocenters. The maximum absolute atomic E-state index is 11.4. The van der Waals surface area contributed by atoms with Gasteiger partial charge in [0, 0.05) is 11.1 Å². The first-order valence-corrected chi connectivity index (χ1v) is 7.57. The van der Waals surface area contributed by atoms with Crippen molar-refractivity contribution in [2.24, 2.45) is 11.8 Å². The highest BCUT2D eigenvalue weighted by Gasteiger charge is 2.28. The smallest absolute Gasteiger partial charge is 0.339 e. The SMILES string of the molecule is COc1cc(Cl)cc(C(=O)O)c1OC1CCC(C)C(C)C1. The number of benzene rings is 1. The Bertz CT molecular complexity index is 529. The second-order valence-electron chi connectivity index (χ2n) is 5.80. The number of halogens is 1. The molecule has 1 aromatic carbocycles. The minimum atomic E-state index is -1.07. The van der Waals surface area contributed by atoms with Gasteiger partial charge < -0.3 is 14.6 Å². The third kappa shape index (κ3) is 3.62. The van der Waals surface area contributed by atoms with E-state index in [1.165, 1.54) is 13.2 Å². The highest BCUT2D eigenvalue weighted by Crippen LogP contribution is 2.38. The monoisotopic (exact) mass is 312 g/mol. The Morgan fingerprint density at radius 3 is 2.57 bits per heavy atom. The minimum absolute atomic E-state index is 0.0179. The molecule has 116 valence electrons. The number of methoxy groups -OCH3 is 1. The van der Waals surface area contributed by atoms with Gasteiger partial charge in [-0.25, -0.2) is 4.79 Å². The van der Waals surface area contributed by atoms with E-state index in [9.17, 15) is 9.90 Å². The fourth-order valence-corrected chi connectivity index (χ4v) is 2.98. The zero-order chi connectivity index (χ0) is 15.6. The van der Waals surface area contributed by atoms with Crippen LogP contribution >= 0.6 is 11.6 Å². The lowest BCUT2D eigenvalue weighted by atomic mass is 9.80. The van der Waals surface area contributed by atoms with E-state index in [4.69, 9.17) is 21.1 Å². The number of ether oxygens (including phenoxy) is 2. The molecule has 1 aliphatic carbocycles. The Hall–Kier alpha value is -1.42. The molecule has 0 aliphatic heterocycles. The normalized spacial score (nSPS) is 25.4. The molecule has 0 saturated heterocycles. The average molecular weight is 313 g/mol. The number of carbonyl (C=O) groups is 1. The summed E-state index contributed by atoms with van der Waals surface area (Å²) in [5.41, 5.74) is 0.0469. The van der Waals surface area contributed by atoms with Crippen LogP contribution in [0.1, 0.15) is 43.5 Å². The lowest BCUT2D eigenvalue weighted by Gasteiger charge is -2.32. The Labute approximate surface area is 130 Å². The van der Waals surface area contributed by atoms with Crippen LogP contribution < -0.4 is 9.47 Å². The fraction of sp³-hybridized carbons (Fsp3) is 0.562. The first-order valence-electron chi connectivity index (χ1n) is 7.19. The maximum atomic E-state index is 11.4. The van der Waals surface area contributed by atoms with Crippen molar-refractivity contribution in [2.75, 3.05) is 7.11 Å². The Kier molecular flexibility index (Phi) is 4.99. The van der Waals surface area contributed by atoms with Gasteiger partial charge in [0.2, 0.25) is 0 Å². The molecule has 4 nitrogen and oxygen atoms in total. The van der Waals surface area contributed by atoms with E-state index in [0.717, 1.165) is 19.3 Å². The summed E-state index contributed by atoms with van der Waals surface area (Å²) in [5.74, 6) is 0.821. The van der Waals surface area contributed by atoms with Crippen LogP contribution in [0.2, 0.25) is 5.02 Å². The van der Waals surface area contributed by atoms with Gasteiger partial charge in [-0.3, -0.25) is 0 Å². The zero-order valence-corrected chi connectivity index (χ0v) is 13.3. The Balaban J connectivity index is 2.28. The van der Waals surface area contributed by atoms with Crippen LogP contribution in [0.4, 0.5) is 0 Å². The topological polar surface area (TPSA) is 55.8 Å². The van der Waals surface area contributed by atoms with E-state index >= 15 is 0 Å². The molecule has 1 N–H and O–H groups in total. The summed E-state index contributed by atoms with van der Waals surface area (Å²) in [6.45, 7) is 4.45. The van der Waals surface area contributed by atoms with Gasteiger partial charge in [0.1, 0.15) is 5.56 Å². The van der Waals surface area contributed by atoms with Crippen LogP contribution in [0, 0.1) is 11.8 Å². The average Bonchev–Trinajstić information content (AvgIpc) is 2.44. The van der Waals surface area contributed by atoms with Gasteiger partial charge in [0.15, 0.2) is 11.5 Å². The van der Waals surface area contributed by atoms with Gasteiger partial charge in [-0.1, -0.05) is 25.4 Å². The van der Waals surface area contributed by atoms with Crippen LogP contribution in [0.3, 0.4) is 0 Å². The molecule has 2 rings (SSSR count). The third-order valence-corrected chi connectivity index (χ3v) is 4.52. The molecule has 3 atom stereocenters. The molecule has 0 amide bonds. The summed E-state index contributed by atoms with van der Waals surface area (Å²) >= 11 is 5.93. The van der Waals surface area contributed by atoms with E-state index in [-0.39, 0.29) is 17.4 Å². The van der Waals surface area contributed by atoms with Crippen LogP contribution in [0.15, 0.2) is 12.1 Å². The van der Waals surface area contributed by atoms with E-state index < -0.39 is 5.97 Å². The quantitative estimate of drug-likeness (QED) is 0.903. The molecule has 0 radical (unpaired) electrons. The van der Waals surface area contributed by atoms with Gasteiger partial charge in [0.25, 0.3) is 0 Å². The summed E-state index contributed by atoms with van der Waals surface area (Å²) in [7, 11) is 1.48. The lowest BCUT2D eigenvalue weighted by molar-refractivity contribution is 0.0672. The predicted octanol–water partition coefficient (Wildman–Crippen LogP) is 4.25. The molecule has 1 aromatic rings. The van der Waals surface area contributed by atoms with Crippen LogP contribution in [-0.2, 0) is 0 Å². The number of aromatic carboxylic acids is 1. The van der Waals surface area contributed by atoms with Crippen molar-refractivity contribution < 1.29 is 19.4 Å². The molecule has 1 fully saturated rings. The van der Waals surface area contributed by atoms with E-state index in [1.807, 2.05) is 0 Å².